The quantitative estimate of drug-likeness (QED) is 0.618. The largest absolute Gasteiger partial charge is 0.304 e. The maximum atomic E-state index is 3.22. The first-order valence-electron chi connectivity index (χ1n) is 4.32. The second kappa shape index (κ2) is 4.70. The highest BCUT2D eigenvalue weighted by atomic mass is 15.3. The van der Waals surface area contributed by atoms with Crippen molar-refractivity contribution >= 4 is 0 Å². The van der Waals surface area contributed by atoms with Crippen LogP contribution in [0, 0.1) is 6.67 Å². The van der Waals surface area contributed by atoms with Crippen LogP contribution < -0.4 is 5.32 Å². The summed E-state index contributed by atoms with van der Waals surface area (Å²) in [4.78, 5) is 4.69. The molecular weight excluding hydrogens is 138 g/mol. The van der Waals surface area contributed by atoms with Crippen molar-refractivity contribution in [1.29, 1.82) is 0 Å². The molecule has 0 aliphatic carbocycles. The van der Waals surface area contributed by atoms with Gasteiger partial charge >= 0.3 is 0 Å². The molecule has 0 amide bonds. The van der Waals surface area contributed by atoms with Crippen molar-refractivity contribution in [3.63, 3.8) is 0 Å². The second-order valence-electron chi connectivity index (χ2n) is 3.03. The fraction of sp³-hybridized carbons (Fsp3) is 0.875. The third-order valence-corrected chi connectivity index (χ3v) is 2.02. The Morgan fingerprint density at radius 3 is 2.45 bits per heavy atom. The Morgan fingerprint density at radius 2 is 1.91 bits per heavy atom. The average molecular weight is 156 g/mol. The van der Waals surface area contributed by atoms with E-state index in [1.54, 1.807) is 0 Å². The topological polar surface area (TPSA) is 18.5 Å². The second-order valence-corrected chi connectivity index (χ2v) is 3.03. The van der Waals surface area contributed by atoms with E-state index in [-0.39, 0.29) is 0 Å². The third kappa shape index (κ3) is 3.18. The van der Waals surface area contributed by atoms with Gasteiger partial charge < -0.3 is 4.90 Å². The monoisotopic (exact) mass is 156 g/mol. The summed E-state index contributed by atoms with van der Waals surface area (Å²) in [6.45, 7) is 9.92. The molecule has 1 heterocycles. The van der Waals surface area contributed by atoms with Gasteiger partial charge in [0.1, 0.15) is 0 Å². The van der Waals surface area contributed by atoms with Crippen LogP contribution >= 0.6 is 0 Å². The molecule has 65 valence electrons. The minimum Gasteiger partial charge on any atom is -0.304 e. The summed E-state index contributed by atoms with van der Waals surface area (Å²) in [5.41, 5.74) is 0. The molecule has 0 aromatic rings. The molecule has 1 aliphatic rings. The van der Waals surface area contributed by atoms with E-state index in [0.717, 1.165) is 19.6 Å². The number of likely N-dealkylation sites (N-methyl/N-ethyl adjacent to an activating group) is 1. The van der Waals surface area contributed by atoms with Gasteiger partial charge in [0.05, 0.1) is 6.67 Å². The van der Waals surface area contributed by atoms with Gasteiger partial charge in [0.25, 0.3) is 0 Å². The Hall–Kier alpha value is -0.120. The molecule has 0 bridgehead atoms. The summed E-state index contributed by atoms with van der Waals surface area (Å²) in [5.74, 6) is 0. The first kappa shape index (κ1) is 8.97. The van der Waals surface area contributed by atoms with Crippen LogP contribution in [0.2, 0.25) is 0 Å². The van der Waals surface area contributed by atoms with E-state index in [1.807, 2.05) is 0 Å². The Balaban J connectivity index is 2.07. The van der Waals surface area contributed by atoms with Crippen LogP contribution in [-0.4, -0.2) is 49.6 Å². The molecular formula is C8H18N3. The van der Waals surface area contributed by atoms with E-state index < -0.39 is 0 Å². The smallest absolute Gasteiger partial charge is 0.0894 e. The Kier molecular flexibility index (Phi) is 3.83. The molecule has 0 aromatic carbocycles. The van der Waals surface area contributed by atoms with E-state index in [9.17, 15) is 0 Å². The van der Waals surface area contributed by atoms with Crippen molar-refractivity contribution in [2.45, 2.75) is 6.92 Å². The molecule has 0 atom stereocenters. The Bertz CT molecular complexity index is 94.8. The molecule has 0 saturated carbocycles. The maximum absolute atomic E-state index is 3.22. The van der Waals surface area contributed by atoms with E-state index in [1.165, 1.54) is 13.1 Å². The summed E-state index contributed by atoms with van der Waals surface area (Å²) in [7, 11) is 2.17. The highest BCUT2D eigenvalue weighted by Crippen LogP contribution is 1.98. The number of nitrogens with one attached hydrogen (secondary N) is 1. The van der Waals surface area contributed by atoms with Crippen LogP contribution in [0.25, 0.3) is 0 Å². The van der Waals surface area contributed by atoms with Crippen molar-refractivity contribution in [3.8, 4) is 0 Å². The SMILES string of the molecule is CCN[CH]N1CCN(C)CC1. The average Bonchev–Trinajstić information content (AvgIpc) is 2.04. The van der Waals surface area contributed by atoms with Crippen molar-refractivity contribution in [1.82, 2.24) is 15.1 Å². The molecule has 1 radical (unpaired) electrons. The molecule has 1 rings (SSSR count). The number of piperazine rings is 1. The predicted octanol–water partition coefficient (Wildman–Crippen LogP) is -0.0374. The Morgan fingerprint density at radius 1 is 1.27 bits per heavy atom. The Labute approximate surface area is 69.4 Å². The summed E-state index contributed by atoms with van der Waals surface area (Å²) in [6.07, 6.45) is 0. The highest BCUT2D eigenvalue weighted by Gasteiger charge is 2.12. The van der Waals surface area contributed by atoms with Gasteiger partial charge in [0.15, 0.2) is 0 Å². The molecule has 0 spiro atoms. The van der Waals surface area contributed by atoms with E-state index >= 15 is 0 Å². The van der Waals surface area contributed by atoms with Crippen LogP contribution in [0.3, 0.4) is 0 Å². The van der Waals surface area contributed by atoms with E-state index in [2.05, 4.69) is 35.8 Å². The zero-order chi connectivity index (χ0) is 8.10. The van der Waals surface area contributed by atoms with Gasteiger partial charge in [0.2, 0.25) is 0 Å². The van der Waals surface area contributed by atoms with Crippen molar-refractivity contribution in [2.75, 3.05) is 39.8 Å². The van der Waals surface area contributed by atoms with Gasteiger partial charge in [-0.15, -0.1) is 0 Å². The predicted molar refractivity (Wildman–Crippen MR) is 47.0 cm³/mol. The van der Waals surface area contributed by atoms with Gasteiger partial charge in [-0.25, -0.2) is 0 Å². The van der Waals surface area contributed by atoms with Crippen LogP contribution in [0.15, 0.2) is 0 Å². The number of rotatable bonds is 3. The summed E-state index contributed by atoms with van der Waals surface area (Å²) in [6, 6.07) is 0. The van der Waals surface area contributed by atoms with Crippen molar-refractivity contribution < 1.29 is 0 Å². The first-order chi connectivity index (χ1) is 5.33. The van der Waals surface area contributed by atoms with Crippen LogP contribution in [-0.2, 0) is 0 Å². The van der Waals surface area contributed by atoms with Gasteiger partial charge in [-0.3, -0.25) is 10.2 Å². The van der Waals surface area contributed by atoms with Gasteiger partial charge in [-0.2, -0.15) is 0 Å². The third-order valence-electron chi connectivity index (χ3n) is 2.02. The number of nitrogens with zero attached hydrogens (tertiary/aromatic N) is 2. The molecule has 3 nitrogen and oxygen atoms in total. The number of hydrogen-bond acceptors (Lipinski definition) is 3. The van der Waals surface area contributed by atoms with Gasteiger partial charge in [-0.1, -0.05) is 6.92 Å². The molecule has 1 fully saturated rings. The molecule has 0 aromatic heterocycles. The maximum Gasteiger partial charge on any atom is 0.0894 e. The lowest BCUT2D eigenvalue weighted by Gasteiger charge is -2.31. The first-order valence-corrected chi connectivity index (χ1v) is 4.32. The fourth-order valence-corrected chi connectivity index (χ4v) is 1.17. The number of hydrogen-bond donors (Lipinski definition) is 1. The molecule has 1 aliphatic heterocycles. The van der Waals surface area contributed by atoms with Crippen molar-refractivity contribution in [2.24, 2.45) is 0 Å². The molecule has 3 heteroatoms. The minimum absolute atomic E-state index is 1.02. The molecule has 1 saturated heterocycles. The lowest BCUT2D eigenvalue weighted by atomic mass is 10.3. The standard InChI is InChI=1S/C8H18N3/c1-3-9-8-11-6-4-10(2)5-7-11/h8-9H,3-7H2,1-2H3. The van der Waals surface area contributed by atoms with Gasteiger partial charge in [-0.05, 0) is 13.6 Å². The lowest BCUT2D eigenvalue weighted by Crippen LogP contribution is -2.45. The molecule has 1 N–H and O–H groups in total. The fourth-order valence-electron chi connectivity index (χ4n) is 1.17. The highest BCUT2D eigenvalue weighted by molar-refractivity contribution is 4.73. The lowest BCUT2D eigenvalue weighted by molar-refractivity contribution is 0.174. The van der Waals surface area contributed by atoms with Crippen molar-refractivity contribution in [3.05, 3.63) is 6.67 Å². The zero-order valence-corrected chi connectivity index (χ0v) is 7.51. The van der Waals surface area contributed by atoms with E-state index in [4.69, 9.17) is 0 Å². The van der Waals surface area contributed by atoms with E-state index in [0.29, 0.717) is 0 Å². The molecule has 11 heavy (non-hydrogen) atoms. The normalized spacial score (nSPS) is 22.4. The van der Waals surface area contributed by atoms with Crippen LogP contribution in [0.5, 0.6) is 0 Å². The van der Waals surface area contributed by atoms with Crippen LogP contribution in [0.4, 0.5) is 0 Å². The summed E-state index contributed by atoms with van der Waals surface area (Å²) < 4.78 is 0. The van der Waals surface area contributed by atoms with Gasteiger partial charge in [0, 0.05) is 26.2 Å². The summed E-state index contributed by atoms with van der Waals surface area (Å²) in [5, 5.41) is 3.22. The molecule has 0 unspecified atom stereocenters. The minimum atomic E-state index is 1.02. The van der Waals surface area contributed by atoms with Crippen LogP contribution in [0.1, 0.15) is 6.92 Å². The zero-order valence-electron chi connectivity index (χ0n) is 7.51. The summed E-state index contributed by atoms with van der Waals surface area (Å²) >= 11 is 0.